The predicted molar refractivity (Wildman–Crippen MR) is 93.0 cm³/mol. The number of imidazole rings is 1. The summed E-state index contributed by atoms with van der Waals surface area (Å²) in [5, 5.41) is 0. The van der Waals surface area contributed by atoms with Gasteiger partial charge in [0.2, 0.25) is 11.8 Å². The van der Waals surface area contributed by atoms with Crippen LogP contribution in [0.1, 0.15) is 30.7 Å². The second-order valence-electron chi connectivity index (χ2n) is 7.28. The van der Waals surface area contributed by atoms with Crippen molar-refractivity contribution in [1.82, 2.24) is 19.4 Å². The van der Waals surface area contributed by atoms with Crippen LogP contribution in [0, 0.1) is 19.3 Å². The number of hydrogen-bond donors (Lipinski definition) is 0. The first kappa shape index (κ1) is 17.9. The Morgan fingerprint density at radius 1 is 1.32 bits per heavy atom. The molecule has 2 saturated heterocycles. The number of hydrogen-bond acceptors (Lipinski definition) is 4. The molecule has 25 heavy (non-hydrogen) atoms. The Kier molecular flexibility index (Phi) is 5.13. The Bertz CT molecular complexity index is 657. The zero-order valence-corrected chi connectivity index (χ0v) is 15.5. The highest BCUT2D eigenvalue weighted by Crippen LogP contribution is 2.40. The first-order valence-corrected chi connectivity index (χ1v) is 9.01. The molecule has 1 aromatic rings. The van der Waals surface area contributed by atoms with E-state index in [9.17, 15) is 9.59 Å². The first-order valence-electron chi connectivity index (χ1n) is 9.01. The fraction of sp³-hybridized carbons (Fsp3) is 0.722. The molecule has 2 aliphatic rings. The number of carbonyl (C=O) groups excluding carboxylic acids is 2. The second kappa shape index (κ2) is 7.15. The molecule has 2 fully saturated rings. The van der Waals surface area contributed by atoms with Crippen molar-refractivity contribution < 1.29 is 14.3 Å². The highest BCUT2D eigenvalue weighted by molar-refractivity contribution is 5.86. The second-order valence-corrected chi connectivity index (χ2v) is 7.28. The van der Waals surface area contributed by atoms with E-state index in [-0.39, 0.29) is 17.2 Å². The monoisotopic (exact) mass is 348 g/mol. The Labute approximate surface area is 148 Å². The van der Waals surface area contributed by atoms with Crippen LogP contribution < -0.4 is 0 Å². The van der Waals surface area contributed by atoms with Crippen LogP contribution in [0.5, 0.6) is 0 Å². The lowest BCUT2D eigenvalue weighted by Gasteiger charge is -2.39. The molecule has 0 bridgehead atoms. The van der Waals surface area contributed by atoms with Crippen LogP contribution >= 0.6 is 0 Å². The van der Waals surface area contributed by atoms with Gasteiger partial charge in [-0.05, 0) is 33.1 Å². The first-order chi connectivity index (χ1) is 12.0. The SMILES string of the molecule is COCCN1CCC[C@@]2(CCN(C(=O)Cn3cnc(C)c3C)C2)C1=O. The van der Waals surface area contributed by atoms with Crippen molar-refractivity contribution in [3.8, 4) is 0 Å². The van der Waals surface area contributed by atoms with Crippen molar-refractivity contribution in [3.63, 3.8) is 0 Å². The lowest BCUT2D eigenvalue weighted by atomic mass is 9.78. The fourth-order valence-corrected chi connectivity index (χ4v) is 3.98. The molecule has 2 amide bonds. The van der Waals surface area contributed by atoms with E-state index >= 15 is 0 Å². The van der Waals surface area contributed by atoms with Gasteiger partial charge in [-0.2, -0.15) is 0 Å². The molecule has 1 atom stereocenters. The maximum Gasteiger partial charge on any atom is 0.242 e. The number of aromatic nitrogens is 2. The minimum atomic E-state index is -0.387. The summed E-state index contributed by atoms with van der Waals surface area (Å²) in [5.41, 5.74) is 1.57. The number of carbonyl (C=O) groups is 2. The third-order valence-electron chi connectivity index (χ3n) is 5.75. The average molecular weight is 348 g/mol. The molecule has 1 aromatic heterocycles. The number of likely N-dealkylation sites (tertiary alicyclic amines) is 2. The van der Waals surface area contributed by atoms with E-state index in [1.807, 2.05) is 28.2 Å². The summed E-state index contributed by atoms with van der Waals surface area (Å²) in [7, 11) is 1.65. The van der Waals surface area contributed by atoms with Gasteiger partial charge in [0.25, 0.3) is 0 Å². The fourth-order valence-electron chi connectivity index (χ4n) is 3.98. The van der Waals surface area contributed by atoms with Crippen LogP contribution in [-0.2, 0) is 20.9 Å². The molecular weight excluding hydrogens is 320 g/mol. The van der Waals surface area contributed by atoms with Gasteiger partial charge in [-0.15, -0.1) is 0 Å². The van der Waals surface area contributed by atoms with Crippen LogP contribution in [-0.4, -0.2) is 71.1 Å². The molecule has 0 unspecified atom stereocenters. The van der Waals surface area contributed by atoms with Crippen LogP contribution in [0.3, 0.4) is 0 Å². The number of methoxy groups -OCH3 is 1. The summed E-state index contributed by atoms with van der Waals surface area (Å²) in [4.78, 5) is 33.7. The van der Waals surface area contributed by atoms with Gasteiger partial charge in [0.15, 0.2) is 0 Å². The number of piperidine rings is 1. The van der Waals surface area contributed by atoms with Gasteiger partial charge < -0.3 is 19.1 Å². The minimum Gasteiger partial charge on any atom is -0.383 e. The maximum absolute atomic E-state index is 13.0. The van der Waals surface area contributed by atoms with Gasteiger partial charge in [0, 0.05) is 39.0 Å². The van der Waals surface area contributed by atoms with Gasteiger partial charge in [0.05, 0.1) is 24.0 Å². The van der Waals surface area contributed by atoms with Gasteiger partial charge >= 0.3 is 0 Å². The Morgan fingerprint density at radius 2 is 2.12 bits per heavy atom. The predicted octanol–water partition coefficient (Wildman–Crippen LogP) is 0.987. The van der Waals surface area contributed by atoms with E-state index in [1.165, 1.54) is 0 Å². The Hall–Kier alpha value is -1.89. The Morgan fingerprint density at radius 3 is 2.80 bits per heavy atom. The zero-order valence-electron chi connectivity index (χ0n) is 15.5. The van der Waals surface area contributed by atoms with Crippen LogP contribution in [0.4, 0.5) is 0 Å². The minimum absolute atomic E-state index is 0.0687. The number of amides is 2. The molecule has 2 aliphatic heterocycles. The molecule has 138 valence electrons. The number of ether oxygens (including phenoxy) is 1. The number of rotatable bonds is 5. The van der Waals surface area contributed by atoms with Crippen molar-refractivity contribution in [3.05, 3.63) is 17.7 Å². The van der Waals surface area contributed by atoms with E-state index in [0.29, 0.717) is 32.8 Å². The highest BCUT2D eigenvalue weighted by Gasteiger charge is 2.49. The molecule has 0 saturated carbocycles. The average Bonchev–Trinajstić information content (AvgIpc) is 3.16. The van der Waals surface area contributed by atoms with Crippen LogP contribution in [0.25, 0.3) is 0 Å². The Balaban J connectivity index is 1.64. The smallest absolute Gasteiger partial charge is 0.242 e. The summed E-state index contributed by atoms with van der Waals surface area (Å²) < 4.78 is 7.00. The summed E-state index contributed by atoms with van der Waals surface area (Å²) in [6.07, 6.45) is 4.36. The van der Waals surface area contributed by atoms with Crippen molar-refractivity contribution in [2.45, 2.75) is 39.7 Å². The molecule has 0 N–H and O–H groups in total. The molecule has 3 heterocycles. The highest BCUT2D eigenvalue weighted by atomic mass is 16.5. The molecule has 0 aliphatic carbocycles. The molecule has 0 radical (unpaired) electrons. The molecule has 7 heteroatoms. The van der Waals surface area contributed by atoms with Crippen molar-refractivity contribution in [2.75, 3.05) is 39.9 Å². The lowest BCUT2D eigenvalue weighted by molar-refractivity contribution is -0.146. The largest absolute Gasteiger partial charge is 0.383 e. The topological polar surface area (TPSA) is 67.7 Å². The maximum atomic E-state index is 13.0. The van der Waals surface area contributed by atoms with E-state index in [4.69, 9.17) is 4.74 Å². The summed E-state index contributed by atoms with van der Waals surface area (Å²) >= 11 is 0. The van der Waals surface area contributed by atoms with Crippen LogP contribution in [0.15, 0.2) is 6.33 Å². The number of nitrogens with zero attached hydrogens (tertiary/aromatic N) is 4. The van der Waals surface area contributed by atoms with Gasteiger partial charge in [-0.1, -0.05) is 0 Å². The van der Waals surface area contributed by atoms with Crippen molar-refractivity contribution >= 4 is 11.8 Å². The third-order valence-corrected chi connectivity index (χ3v) is 5.75. The van der Waals surface area contributed by atoms with Gasteiger partial charge in [-0.3, -0.25) is 9.59 Å². The lowest BCUT2D eigenvalue weighted by Crippen LogP contribution is -2.51. The van der Waals surface area contributed by atoms with E-state index in [1.54, 1.807) is 13.4 Å². The third kappa shape index (κ3) is 3.42. The summed E-state index contributed by atoms with van der Waals surface area (Å²) in [5.74, 6) is 0.264. The van der Waals surface area contributed by atoms with Crippen molar-refractivity contribution in [1.29, 1.82) is 0 Å². The summed E-state index contributed by atoms with van der Waals surface area (Å²) in [6, 6.07) is 0. The summed E-state index contributed by atoms with van der Waals surface area (Å²) in [6.45, 7) is 7.41. The zero-order chi connectivity index (χ0) is 18.0. The van der Waals surface area contributed by atoms with Gasteiger partial charge in [0.1, 0.15) is 6.54 Å². The molecular formula is C18H28N4O3. The number of aryl methyl sites for hydroxylation is 1. The molecule has 3 rings (SSSR count). The van der Waals surface area contributed by atoms with Crippen LogP contribution in [0.2, 0.25) is 0 Å². The quantitative estimate of drug-likeness (QED) is 0.796. The van der Waals surface area contributed by atoms with Gasteiger partial charge in [-0.25, -0.2) is 4.98 Å². The molecule has 0 aromatic carbocycles. The molecule has 7 nitrogen and oxygen atoms in total. The van der Waals surface area contributed by atoms with Crippen molar-refractivity contribution in [2.24, 2.45) is 5.41 Å². The van der Waals surface area contributed by atoms with E-state index < -0.39 is 0 Å². The van der Waals surface area contributed by atoms with E-state index in [2.05, 4.69) is 4.98 Å². The normalized spacial score (nSPS) is 23.7. The van der Waals surface area contributed by atoms with E-state index in [0.717, 1.165) is 37.2 Å². The standard InChI is InChI=1S/C18H28N4O3/c1-14-15(2)22(13-19-14)11-16(23)21-8-6-18(12-21)5-4-7-20(17(18)24)9-10-25-3/h13H,4-12H2,1-3H3/t18-/m0/s1. The molecule has 1 spiro atoms.